The molecule has 1 aromatic heterocycles. The van der Waals surface area contributed by atoms with Gasteiger partial charge in [0.2, 0.25) is 0 Å². The summed E-state index contributed by atoms with van der Waals surface area (Å²) in [5, 5.41) is 0. The molecule has 1 N–H and O–H groups in total. The number of nitrogens with one attached hydrogen (secondary N) is 1. The van der Waals surface area contributed by atoms with E-state index in [4.69, 9.17) is 9.73 Å². The minimum atomic E-state index is -0.317. The Morgan fingerprint density at radius 3 is 2.45 bits per heavy atom. The van der Waals surface area contributed by atoms with Gasteiger partial charge in [-0.15, -0.1) is 0 Å². The SMILES string of the molecule is CCOC(=O)c1ccc2c(c1)CN(c1ccccc1)C(c1ccc(CN3CCC(n4c(=O)[nH]c5ccccc54)CC3)cc1)=N2. The van der Waals surface area contributed by atoms with Crippen LogP contribution >= 0.6 is 0 Å². The lowest BCUT2D eigenvalue weighted by Crippen LogP contribution is -2.36. The number of benzene rings is 4. The van der Waals surface area contributed by atoms with Gasteiger partial charge in [0.15, 0.2) is 0 Å². The first-order chi connectivity index (χ1) is 21.6. The molecule has 2 aliphatic rings. The van der Waals surface area contributed by atoms with Gasteiger partial charge in [-0.2, -0.15) is 0 Å². The van der Waals surface area contributed by atoms with Crippen molar-refractivity contribution >= 4 is 34.2 Å². The van der Waals surface area contributed by atoms with Crippen molar-refractivity contribution in [3.8, 4) is 0 Å². The summed E-state index contributed by atoms with van der Waals surface area (Å²) in [6.45, 7) is 5.50. The Labute approximate surface area is 256 Å². The molecule has 0 saturated carbocycles. The molecule has 0 radical (unpaired) electrons. The van der Waals surface area contributed by atoms with E-state index in [1.54, 1.807) is 6.07 Å². The molecular weight excluding hydrogens is 550 g/mol. The van der Waals surface area contributed by atoms with Crippen LogP contribution < -0.4 is 10.6 Å². The van der Waals surface area contributed by atoms with Crippen LogP contribution in [0, 0.1) is 0 Å². The van der Waals surface area contributed by atoms with Gasteiger partial charge < -0.3 is 14.6 Å². The molecule has 1 fully saturated rings. The number of rotatable bonds is 7. The topological polar surface area (TPSA) is 82.9 Å². The normalized spacial score (nSPS) is 15.7. The highest BCUT2D eigenvalue weighted by molar-refractivity contribution is 6.12. The lowest BCUT2D eigenvalue weighted by molar-refractivity contribution is 0.0526. The average Bonchev–Trinajstić information content (AvgIpc) is 3.40. The number of imidazole rings is 1. The number of hydrogen-bond donors (Lipinski definition) is 1. The van der Waals surface area contributed by atoms with E-state index in [1.807, 2.05) is 66.1 Å². The number of fused-ring (bicyclic) bond motifs is 2. The molecule has 0 aliphatic carbocycles. The summed E-state index contributed by atoms with van der Waals surface area (Å²) in [7, 11) is 0. The average molecular weight is 586 g/mol. The zero-order valence-corrected chi connectivity index (χ0v) is 24.8. The fourth-order valence-corrected chi connectivity index (χ4v) is 6.41. The Bertz CT molecular complexity index is 1880. The smallest absolute Gasteiger partial charge is 0.338 e. The van der Waals surface area contributed by atoms with Gasteiger partial charge >= 0.3 is 11.7 Å². The zero-order valence-electron chi connectivity index (χ0n) is 24.8. The predicted molar refractivity (Wildman–Crippen MR) is 174 cm³/mol. The Hall–Kier alpha value is -4.95. The van der Waals surface area contributed by atoms with Crippen molar-refractivity contribution < 1.29 is 9.53 Å². The third-order valence-electron chi connectivity index (χ3n) is 8.63. The van der Waals surface area contributed by atoms with E-state index in [0.29, 0.717) is 18.7 Å². The number of para-hydroxylation sites is 3. The molecule has 4 aromatic carbocycles. The van der Waals surface area contributed by atoms with Gasteiger partial charge in [-0.25, -0.2) is 14.6 Å². The second kappa shape index (κ2) is 12.0. The van der Waals surface area contributed by atoms with Crippen LogP contribution in [0.25, 0.3) is 11.0 Å². The number of aromatic nitrogens is 2. The zero-order chi connectivity index (χ0) is 30.0. The molecule has 1 saturated heterocycles. The number of likely N-dealkylation sites (tertiary alicyclic amines) is 1. The number of nitrogens with zero attached hydrogens (tertiary/aromatic N) is 4. The number of ether oxygens (including phenoxy) is 1. The van der Waals surface area contributed by atoms with Gasteiger partial charge in [-0.1, -0.05) is 54.6 Å². The summed E-state index contributed by atoms with van der Waals surface area (Å²) < 4.78 is 7.17. The first-order valence-corrected chi connectivity index (χ1v) is 15.3. The molecule has 0 unspecified atom stereocenters. The van der Waals surface area contributed by atoms with Crippen molar-refractivity contribution in [1.29, 1.82) is 0 Å². The van der Waals surface area contributed by atoms with Crippen molar-refractivity contribution in [3.05, 3.63) is 130 Å². The van der Waals surface area contributed by atoms with Gasteiger partial charge in [0, 0.05) is 36.9 Å². The maximum absolute atomic E-state index is 12.7. The summed E-state index contributed by atoms with van der Waals surface area (Å²) in [6, 6.07) is 32.6. The standard InChI is InChI=1S/C36H35N5O3/c1-2-44-35(42)27-16-17-31-28(22-27)24-40(29-8-4-3-5-9-29)34(37-31)26-14-12-25(13-15-26)23-39-20-18-30(19-21-39)41-33-11-7-6-10-32(33)38-36(41)43/h3-17,22,30H,2,18-21,23-24H2,1H3,(H,38,43). The predicted octanol–water partition coefficient (Wildman–Crippen LogP) is 6.44. The monoisotopic (exact) mass is 585 g/mol. The van der Waals surface area contributed by atoms with Gasteiger partial charge in [-0.3, -0.25) is 9.47 Å². The molecule has 44 heavy (non-hydrogen) atoms. The molecule has 8 heteroatoms. The van der Waals surface area contributed by atoms with E-state index >= 15 is 0 Å². The molecular formula is C36H35N5O3. The summed E-state index contributed by atoms with van der Waals surface area (Å²) in [4.78, 5) is 37.8. The van der Waals surface area contributed by atoms with E-state index in [9.17, 15) is 9.59 Å². The number of carbonyl (C=O) groups is 1. The van der Waals surface area contributed by atoms with E-state index < -0.39 is 0 Å². The number of H-pyrrole nitrogens is 1. The lowest BCUT2D eigenvalue weighted by atomic mass is 10.0. The summed E-state index contributed by atoms with van der Waals surface area (Å²) in [5.74, 6) is 0.562. The molecule has 5 aromatic rings. The first kappa shape index (κ1) is 27.9. The second-order valence-corrected chi connectivity index (χ2v) is 11.4. The Balaban J connectivity index is 1.08. The number of hydrogen-bond acceptors (Lipinski definition) is 6. The van der Waals surface area contributed by atoms with Crippen molar-refractivity contribution in [3.63, 3.8) is 0 Å². The van der Waals surface area contributed by atoms with E-state index in [0.717, 1.165) is 71.8 Å². The number of piperidine rings is 1. The summed E-state index contributed by atoms with van der Waals surface area (Å²) >= 11 is 0. The minimum Gasteiger partial charge on any atom is -0.462 e. The van der Waals surface area contributed by atoms with Gasteiger partial charge in [-0.05, 0) is 73.4 Å². The second-order valence-electron chi connectivity index (χ2n) is 11.4. The third kappa shape index (κ3) is 5.44. The Kier molecular flexibility index (Phi) is 7.58. The van der Waals surface area contributed by atoms with Crippen LogP contribution in [-0.2, 0) is 17.8 Å². The number of esters is 1. The molecule has 2 aliphatic heterocycles. The maximum atomic E-state index is 12.7. The summed E-state index contributed by atoms with van der Waals surface area (Å²) in [6.07, 6.45) is 1.89. The minimum absolute atomic E-state index is 0.0162. The van der Waals surface area contributed by atoms with Gasteiger partial charge in [0.1, 0.15) is 5.84 Å². The van der Waals surface area contributed by atoms with Gasteiger partial charge in [0.05, 0.1) is 35.4 Å². The van der Waals surface area contributed by atoms with Crippen LogP contribution in [0.1, 0.15) is 52.9 Å². The van der Waals surface area contributed by atoms with Crippen molar-refractivity contribution in [2.45, 2.75) is 38.9 Å². The Morgan fingerprint density at radius 2 is 1.68 bits per heavy atom. The van der Waals surface area contributed by atoms with Crippen LogP contribution in [0.4, 0.5) is 11.4 Å². The van der Waals surface area contributed by atoms with Crippen LogP contribution in [0.2, 0.25) is 0 Å². The molecule has 0 bridgehead atoms. The molecule has 7 rings (SSSR count). The molecule has 0 amide bonds. The van der Waals surface area contributed by atoms with E-state index in [-0.39, 0.29) is 17.7 Å². The quantitative estimate of drug-likeness (QED) is 0.222. The first-order valence-electron chi connectivity index (χ1n) is 15.3. The van der Waals surface area contributed by atoms with Crippen LogP contribution in [0.5, 0.6) is 0 Å². The highest BCUT2D eigenvalue weighted by atomic mass is 16.5. The maximum Gasteiger partial charge on any atom is 0.338 e. The van der Waals surface area contributed by atoms with Crippen LogP contribution in [-0.4, -0.2) is 46.0 Å². The molecule has 0 atom stereocenters. The molecule has 3 heterocycles. The highest BCUT2D eigenvalue weighted by Crippen LogP contribution is 2.33. The number of carbonyl (C=O) groups excluding carboxylic acids is 1. The Morgan fingerprint density at radius 1 is 0.932 bits per heavy atom. The molecule has 222 valence electrons. The van der Waals surface area contributed by atoms with Crippen LogP contribution in [0.3, 0.4) is 0 Å². The highest BCUT2D eigenvalue weighted by Gasteiger charge is 2.25. The fraction of sp³-hybridized carbons (Fsp3) is 0.250. The largest absolute Gasteiger partial charge is 0.462 e. The van der Waals surface area contributed by atoms with E-state index in [2.05, 4.69) is 51.2 Å². The molecule has 8 nitrogen and oxygen atoms in total. The lowest BCUT2D eigenvalue weighted by Gasteiger charge is -2.33. The van der Waals surface area contributed by atoms with E-state index in [1.165, 1.54) is 5.56 Å². The van der Waals surface area contributed by atoms with Crippen molar-refractivity contribution in [2.75, 3.05) is 24.6 Å². The number of aliphatic imine (C=N–C) groups is 1. The fourth-order valence-electron chi connectivity index (χ4n) is 6.41. The third-order valence-corrected chi connectivity index (χ3v) is 8.63. The summed E-state index contributed by atoms with van der Waals surface area (Å²) in [5.41, 5.74) is 7.59. The van der Waals surface area contributed by atoms with Crippen molar-refractivity contribution in [2.24, 2.45) is 4.99 Å². The van der Waals surface area contributed by atoms with Crippen molar-refractivity contribution in [1.82, 2.24) is 14.5 Å². The number of aromatic amines is 1. The van der Waals surface area contributed by atoms with Gasteiger partial charge in [0.25, 0.3) is 0 Å². The number of anilines is 1. The molecule has 0 spiro atoms. The van der Waals surface area contributed by atoms with Crippen LogP contribution in [0.15, 0.2) is 107 Å². The number of amidine groups is 1.